The molecule has 0 bridgehead atoms. The van der Waals surface area contributed by atoms with Gasteiger partial charge in [0.25, 0.3) is 0 Å². The van der Waals surface area contributed by atoms with Gasteiger partial charge in [-0.2, -0.15) is 0 Å². The van der Waals surface area contributed by atoms with E-state index in [1.54, 1.807) is 6.07 Å². The molecule has 0 aromatic heterocycles. The molecule has 1 fully saturated rings. The third kappa shape index (κ3) is 2.81. The number of rotatable bonds is 4. The third-order valence-corrected chi connectivity index (χ3v) is 5.05. The number of ketones is 1. The Morgan fingerprint density at radius 1 is 1.26 bits per heavy atom. The summed E-state index contributed by atoms with van der Waals surface area (Å²) >= 11 is 12.2. The standard InChI is InChI=1S/C15H19Cl2NO/c1-18(2)15(8-3-4-9-15)13(19)10-11-6-5-7-12(16)14(11)17/h5-7H,3-4,8-10H2,1-2H3. The number of likely N-dealkylation sites (N-methyl/N-ethyl adjacent to an activating group) is 1. The largest absolute Gasteiger partial charge is 0.297 e. The molecule has 2 rings (SSSR count). The monoisotopic (exact) mass is 299 g/mol. The molecule has 1 aromatic carbocycles. The minimum Gasteiger partial charge on any atom is -0.297 e. The van der Waals surface area contributed by atoms with Gasteiger partial charge in [0.05, 0.1) is 15.6 Å². The fourth-order valence-electron chi connectivity index (χ4n) is 2.96. The Balaban J connectivity index is 2.23. The maximum Gasteiger partial charge on any atom is 0.157 e. The minimum absolute atomic E-state index is 0.249. The molecule has 19 heavy (non-hydrogen) atoms. The van der Waals surface area contributed by atoms with Crippen molar-refractivity contribution < 1.29 is 4.79 Å². The smallest absolute Gasteiger partial charge is 0.157 e. The summed E-state index contributed by atoms with van der Waals surface area (Å²) in [4.78, 5) is 14.8. The number of nitrogens with zero attached hydrogens (tertiary/aromatic N) is 1. The van der Waals surface area contributed by atoms with Gasteiger partial charge in [-0.05, 0) is 38.6 Å². The second kappa shape index (κ2) is 5.82. The van der Waals surface area contributed by atoms with Crippen LogP contribution in [-0.2, 0) is 11.2 Å². The van der Waals surface area contributed by atoms with E-state index in [1.807, 2.05) is 26.2 Å². The summed E-state index contributed by atoms with van der Waals surface area (Å²) < 4.78 is 0. The lowest BCUT2D eigenvalue weighted by atomic mass is 9.87. The van der Waals surface area contributed by atoms with Crippen LogP contribution in [0.3, 0.4) is 0 Å². The summed E-state index contributed by atoms with van der Waals surface area (Å²) in [5, 5.41) is 1.02. The van der Waals surface area contributed by atoms with E-state index in [1.165, 1.54) is 0 Å². The molecule has 0 unspecified atom stereocenters. The highest BCUT2D eigenvalue weighted by Crippen LogP contribution is 2.36. The van der Waals surface area contributed by atoms with Crippen molar-refractivity contribution in [2.75, 3.05) is 14.1 Å². The van der Waals surface area contributed by atoms with Gasteiger partial charge in [-0.25, -0.2) is 0 Å². The Kier molecular flexibility index (Phi) is 4.54. The van der Waals surface area contributed by atoms with Crippen LogP contribution in [0.2, 0.25) is 10.0 Å². The average molecular weight is 300 g/mol. The molecule has 1 aromatic rings. The van der Waals surface area contributed by atoms with E-state index in [9.17, 15) is 4.79 Å². The molecule has 0 aliphatic heterocycles. The number of Topliss-reactive ketones (excluding diaryl/α,β-unsaturated/α-hetero) is 1. The minimum atomic E-state index is -0.314. The second-order valence-corrected chi connectivity index (χ2v) is 6.23. The fraction of sp³-hybridized carbons (Fsp3) is 0.533. The Morgan fingerprint density at radius 2 is 1.89 bits per heavy atom. The highest BCUT2D eigenvalue weighted by atomic mass is 35.5. The molecule has 1 aliphatic carbocycles. The molecule has 0 N–H and O–H groups in total. The maximum absolute atomic E-state index is 12.7. The molecule has 0 saturated heterocycles. The van der Waals surface area contributed by atoms with Gasteiger partial charge < -0.3 is 0 Å². The zero-order valence-corrected chi connectivity index (χ0v) is 12.9. The summed E-state index contributed by atoms with van der Waals surface area (Å²) in [6.07, 6.45) is 4.48. The highest BCUT2D eigenvalue weighted by Gasteiger charge is 2.42. The highest BCUT2D eigenvalue weighted by molar-refractivity contribution is 6.42. The van der Waals surface area contributed by atoms with Crippen LogP contribution in [0, 0.1) is 0 Å². The van der Waals surface area contributed by atoms with Gasteiger partial charge in [-0.15, -0.1) is 0 Å². The quantitative estimate of drug-likeness (QED) is 0.838. The molecule has 1 saturated carbocycles. The molecular weight excluding hydrogens is 281 g/mol. The van der Waals surface area contributed by atoms with Crippen molar-refractivity contribution >= 4 is 29.0 Å². The fourth-order valence-corrected chi connectivity index (χ4v) is 3.34. The number of hydrogen-bond acceptors (Lipinski definition) is 2. The molecule has 0 heterocycles. The summed E-state index contributed by atoms with van der Waals surface area (Å²) in [5.41, 5.74) is 0.512. The molecule has 0 atom stereocenters. The van der Waals surface area contributed by atoms with E-state index in [-0.39, 0.29) is 11.3 Å². The van der Waals surface area contributed by atoms with Crippen LogP contribution < -0.4 is 0 Å². The Morgan fingerprint density at radius 3 is 2.47 bits per heavy atom. The number of benzene rings is 1. The molecule has 1 aliphatic rings. The Bertz CT molecular complexity index is 479. The van der Waals surface area contributed by atoms with Crippen LogP contribution in [-0.4, -0.2) is 30.3 Å². The van der Waals surface area contributed by atoms with Crippen molar-refractivity contribution in [1.82, 2.24) is 4.90 Å². The van der Waals surface area contributed by atoms with E-state index in [4.69, 9.17) is 23.2 Å². The summed E-state index contributed by atoms with van der Waals surface area (Å²) in [6.45, 7) is 0. The molecule has 0 spiro atoms. The van der Waals surface area contributed by atoms with E-state index >= 15 is 0 Å². The number of hydrogen-bond donors (Lipinski definition) is 0. The van der Waals surface area contributed by atoms with Crippen LogP contribution >= 0.6 is 23.2 Å². The van der Waals surface area contributed by atoms with E-state index < -0.39 is 0 Å². The molecule has 2 nitrogen and oxygen atoms in total. The second-order valence-electron chi connectivity index (χ2n) is 5.45. The SMILES string of the molecule is CN(C)C1(C(=O)Cc2cccc(Cl)c2Cl)CCCC1. The van der Waals surface area contributed by atoms with Gasteiger partial charge >= 0.3 is 0 Å². The van der Waals surface area contributed by atoms with Crippen molar-refractivity contribution in [3.63, 3.8) is 0 Å². The first kappa shape index (κ1) is 14.8. The van der Waals surface area contributed by atoms with Crippen LogP contribution in [0.4, 0.5) is 0 Å². The predicted molar refractivity (Wildman–Crippen MR) is 80.1 cm³/mol. The van der Waals surface area contributed by atoms with Crippen molar-refractivity contribution in [2.45, 2.75) is 37.6 Å². The zero-order chi connectivity index (χ0) is 14.0. The molecule has 104 valence electrons. The molecule has 4 heteroatoms. The van der Waals surface area contributed by atoms with Gasteiger partial charge in [-0.3, -0.25) is 9.69 Å². The number of carbonyl (C=O) groups excluding carboxylic acids is 1. The lowest BCUT2D eigenvalue weighted by molar-refractivity contribution is -0.128. The summed E-state index contributed by atoms with van der Waals surface area (Å²) in [6, 6.07) is 5.47. The van der Waals surface area contributed by atoms with Crippen LogP contribution in [0.15, 0.2) is 18.2 Å². The van der Waals surface area contributed by atoms with Crippen LogP contribution in [0.5, 0.6) is 0 Å². The van der Waals surface area contributed by atoms with Gasteiger partial charge in [0.1, 0.15) is 0 Å². The van der Waals surface area contributed by atoms with Crippen molar-refractivity contribution in [2.24, 2.45) is 0 Å². The molecule has 0 amide bonds. The van der Waals surface area contributed by atoms with Crippen molar-refractivity contribution in [3.8, 4) is 0 Å². The number of halogens is 2. The first-order chi connectivity index (χ1) is 8.97. The van der Waals surface area contributed by atoms with E-state index in [0.717, 1.165) is 31.2 Å². The van der Waals surface area contributed by atoms with Gasteiger partial charge in [-0.1, -0.05) is 48.2 Å². The first-order valence-electron chi connectivity index (χ1n) is 6.61. The lowest BCUT2D eigenvalue weighted by Crippen LogP contribution is -2.49. The van der Waals surface area contributed by atoms with Crippen LogP contribution in [0.1, 0.15) is 31.2 Å². The third-order valence-electron chi connectivity index (χ3n) is 4.19. The van der Waals surface area contributed by atoms with Crippen LogP contribution in [0.25, 0.3) is 0 Å². The van der Waals surface area contributed by atoms with Crippen molar-refractivity contribution in [3.05, 3.63) is 33.8 Å². The maximum atomic E-state index is 12.7. The Hall–Kier alpha value is -0.570. The normalized spacial score (nSPS) is 17.9. The van der Waals surface area contributed by atoms with Gasteiger partial charge in [0, 0.05) is 6.42 Å². The van der Waals surface area contributed by atoms with Gasteiger partial charge in [0.2, 0.25) is 0 Å². The zero-order valence-electron chi connectivity index (χ0n) is 11.4. The predicted octanol–water partition coefficient (Wildman–Crippen LogP) is 3.98. The summed E-state index contributed by atoms with van der Waals surface area (Å²) in [5.74, 6) is 0.249. The molecular formula is C15H19Cl2NO. The Labute approximate surface area is 124 Å². The van der Waals surface area contributed by atoms with Crippen molar-refractivity contribution in [1.29, 1.82) is 0 Å². The topological polar surface area (TPSA) is 20.3 Å². The molecule has 0 radical (unpaired) electrons. The summed E-state index contributed by atoms with van der Waals surface area (Å²) in [7, 11) is 3.98. The van der Waals surface area contributed by atoms with E-state index in [0.29, 0.717) is 16.5 Å². The lowest BCUT2D eigenvalue weighted by Gasteiger charge is -2.35. The number of carbonyl (C=O) groups is 1. The average Bonchev–Trinajstić information content (AvgIpc) is 2.85. The first-order valence-corrected chi connectivity index (χ1v) is 7.36. The van der Waals surface area contributed by atoms with Gasteiger partial charge in [0.15, 0.2) is 5.78 Å². The van der Waals surface area contributed by atoms with E-state index in [2.05, 4.69) is 4.90 Å².